The molecule has 1 heterocycles. The molecule has 7 heteroatoms. The minimum atomic E-state index is -3.52. The number of fused-ring (bicyclic) bond motifs is 1. The molecule has 19 heavy (non-hydrogen) atoms. The summed E-state index contributed by atoms with van der Waals surface area (Å²) in [5, 5.41) is 8.52. The van der Waals surface area contributed by atoms with Gasteiger partial charge in [-0.05, 0) is 23.8 Å². The van der Waals surface area contributed by atoms with Gasteiger partial charge in [0.05, 0.1) is 31.3 Å². The molecule has 0 fully saturated rings. The number of aliphatic hydroxyl groups is 1. The molecule has 0 radical (unpaired) electrons. The van der Waals surface area contributed by atoms with E-state index in [0.717, 1.165) is 17.7 Å². The average molecular weight is 287 g/mol. The van der Waals surface area contributed by atoms with E-state index in [0.29, 0.717) is 6.61 Å². The molecule has 2 N–H and O–H groups in total. The van der Waals surface area contributed by atoms with Gasteiger partial charge < -0.3 is 14.6 Å². The Bertz CT molecular complexity index is 529. The SMILES string of the molecule is O=S(=O)(NCCOCCO)c1ccc2c(c1)CCO2. The van der Waals surface area contributed by atoms with Crippen LogP contribution >= 0.6 is 0 Å². The standard InChI is InChI=1S/C12H17NO5S/c14-5-8-17-7-4-13-19(15,16)11-1-2-12-10(9-11)3-6-18-12/h1-2,9,13-14H,3-8H2. The summed E-state index contributed by atoms with van der Waals surface area (Å²) in [6, 6.07) is 4.85. The summed E-state index contributed by atoms with van der Waals surface area (Å²) in [5.41, 5.74) is 0.916. The maximum atomic E-state index is 12.0. The predicted molar refractivity (Wildman–Crippen MR) is 68.7 cm³/mol. The molecule has 0 amide bonds. The van der Waals surface area contributed by atoms with Gasteiger partial charge in [-0.25, -0.2) is 13.1 Å². The minimum absolute atomic E-state index is 0.0719. The van der Waals surface area contributed by atoms with Crippen LogP contribution < -0.4 is 9.46 Å². The van der Waals surface area contributed by atoms with Crippen LogP contribution in [-0.2, 0) is 21.2 Å². The Labute approximate surface area is 112 Å². The van der Waals surface area contributed by atoms with Crippen molar-refractivity contribution in [1.82, 2.24) is 4.72 Å². The molecule has 0 bridgehead atoms. The fourth-order valence-electron chi connectivity index (χ4n) is 1.83. The summed E-state index contributed by atoms with van der Waals surface area (Å²) in [5.74, 6) is 0.755. The zero-order valence-corrected chi connectivity index (χ0v) is 11.3. The number of hydrogen-bond acceptors (Lipinski definition) is 5. The summed E-state index contributed by atoms with van der Waals surface area (Å²) >= 11 is 0. The number of rotatable bonds is 7. The van der Waals surface area contributed by atoms with Crippen molar-refractivity contribution in [3.8, 4) is 5.75 Å². The zero-order chi connectivity index (χ0) is 13.7. The van der Waals surface area contributed by atoms with Crippen molar-refractivity contribution in [3.05, 3.63) is 23.8 Å². The highest BCUT2D eigenvalue weighted by Gasteiger charge is 2.18. The third kappa shape index (κ3) is 3.66. The lowest BCUT2D eigenvalue weighted by Crippen LogP contribution is -2.27. The Morgan fingerprint density at radius 3 is 3.00 bits per heavy atom. The number of benzene rings is 1. The van der Waals surface area contributed by atoms with Crippen molar-refractivity contribution in [3.63, 3.8) is 0 Å². The molecule has 6 nitrogen and oxygen atoms in total. The van der Waals surface area contributed by atoms with Crippen molar-refractivity contribution in [1.29, 1.82) is 0 Å². The first kappa shape index (κ1) is 14.3. The highest BCUT2D eigenvalue weighted by atomic mass is 32.2. The Kier molecular flexibility index (Phi) is 4.76. The molecule has 106 valence electrons. The molecule has 0 aromatic heterocycles. The maximum Gasteiger partial charge on any atom is 0.240 e. The quantitative estimate of drug-likeness (QED) is 0.685. The van der Waals surface area contributed by atoms with Crippen LogP contribution in [0.25, 0.3) is 0 Å². The topological polar surface area (TPSA) is 84.9 Å². The van der Waals surface area contributed by atoms with Crippen LogP contribution in [0.15, 0.2) is 23.1 Å². The summed E-state index contributed by atoms with van der Waals surface area (Å²) in [7, 11) is -3.52. The molecule has 2 rings (SSSR count). The summed E-state index contributed by atoms with van der Waals surface area (Å²) in [6.07, 6.45) is 0.734. The number of nitrogens with one attached hydrogen (secondary N) is 1. The lowest BCUT2D eigenvalue weighted by Gasteiger charge is -2.08. The summed E-state index contributed by atoms with van der Waals surface area (Å²) in [4.78, 5) is 0.235. The van der Waals surface area contributed by atoms with Gasteiger partial charge in [0.2, 0.25) is 10.0 Å². The molecule has 1 aromatic rings. The third-order valence-corrected chi connectivity index (χ3v) is 4.20. The average Bonchev–Trinajstić information content (AvgIpc) is 2.85. The van der Waals surface area contributed by atoms with Crippen LogP contribution in [0.4, 0.5) is 0 Å². The van der Waals surface area contributed by atoms with Crippen LogP contribution in [0.1, 0.15) is 5.56 Å². The number of hydrogen-bond donors (Lipinski definition) is 2. The molecular formula is C12H17NO5S. The minimum Gasteiger partial charge on any atom is -0.493 e. The van der Waals surface area contributed by atoms with Gasteiger partial charge in [-0.3, -0.25) is 0 Å². The second-order valence-electron chi connectivity index (χ2n) is 4.10. The highest BCUT2D eigenvalue weighted by molar-refractivity contribution is 7.89. The Hall–Kier alpha value is -1.15. The lowest BCUT2D eigenvalue weighted by molar-refractivity contribution is 0.0961. The number of aliphatic hydroxyl groups excluding tert-OH is 1. The second kappa shape index (κ2) is 6.33. The van der Waals surface area contributed by atoms with E-state index >= 15 is 0 Å². The Morgan fingerprint density at radius 2 is 2.21 bits per heavy atom. The van der Waals surface area contributed by atoms with Crippen LogP contribution in [0.2, 0.25) is 0 Å². The van der Waals surface area contributed by atoms with Crippen LogP contribution in [0, 0.1) is 0 Å². The van der Waals surface area contributed by atoms with Gasteiger partial charge in [0.1, 0.15) is 5.75 Å². The molecular weight excluding hydrogens is 270 g/mol. The molecule has 0 spiro atoms. The van der Waals surface area contributed by atoms with Gasteiger partial charge in [0, 0.05) is 13.0 Å². The number of ether oxygens (including phenoxy) is 2. The molecule has 0 atom stereocenters. The first-order valence-corrected chi connectivity index (χ1v) is 7.56. The van der Waals surface area contributed by atoms with Crippen LogP contribution in [-0.4, -0.2) is 46.5 Å². The molecule has 1 aliphatic heterocycles. The Morgan fingerprint density at radius 1 is 1.37 bits per heavy atom. The normalized spacial score (nSPS) is 14.2. The first-order chi connectivity index (χ1) is 9.13. The van der Waals surface area contributed by atoms with Crippen molar-refractivity contribution >= 4 is 10.0 Å². The van der Waals surface area contributed by atoms with Gasteiger partial charge in [-0.15, -0.1) is 0 Å². The fraction of sp³-hybridized carbons (Fsp3) is 0.500. The fourth-order valence-corrected chi connectivity index (χ4v) is 2.89. The van der Waals surface area contributed by atoms with E-state index in [9.17, 15) is 8.42 Å². The predicted octanol–water partition coefficient (Wildman–Crippen LogP) is -0.0913. The largest absolute Gasteiger partial charge is 0.493 e. The second-order valence-corrected chi connectivity index (χ2v) is 5.87. The lowest BCUT2D eigenvalue weighted by atomic mass is 10.2. The first-order valence-electron chi connectivity index (χ1n) is 6.07. The smallest absolute Gasteiger partial charge is 0.240 e. The van der Waals surface area contributed by atoms with Crippen molar-refractivity contribution < 1.29 is 23.0 Å². The van der Waals surface area contributed by atoms with Crippen LogP contribution in [0.3, 0.4) is 0 Å². The molecule has 0 saturated heterocycles. The molecule has 0 aliphatic carbocycles. The highest BCUT2D eigenvalue weighted by Crippen LogP contribution is 2.27. The molecule has 0 saturated carbocycles. The van der Waals surface area contributed by atoms with Gasteiger partial charge in [-0.1, -0.05) is 0 Å². The molecule has 0 unspecified atom stereocenters. The third-order valence-electron chi connectivity index (χ3n) is 2.75. The van der Waals surface area contributed by atoms with E-state index in [1.54, 1.807) is 12.1 Å². The zero-order valence-electron chi connectivity index (χ0n) is 10.5. The van der Waals surface area contributed by atoms with E-state index in [4.69, 9.17) is 14.6 Å². The molecule has 1 aliphatic rings. The van der Waals surface area contributed by atoms with Gasteiger partial charge >= 0.3 is 0 Å². The van der Waals surface area contributed by atoms with E-state index in [1.165, 1.54) is 6.07 Å². The van der Waals surface area contributed by atoms with Crippen molar-refractivity contribution in [2.75, 3.05) is 33.0 Å². The van der Waals surface area contributed by atoms with Crippen molar-refractivity contribution in [2.24, 2.45) is 0 Å². The van der Waals surface area contributed by atoms with E-state index in [2.05, 4.69) is 4.72 Å². The monoisotopic (exact) mass is 287 g/mol. The molecule has 1 aromatic carbocycles. The summed E-state index contributed by atoms with van der Waals surface area (Å²) in [6.45, 7) is 1.14. The van der Waals surface area contributed by atoms with Gasteiger partial charge in [-0.2, -0.15) is 0 Å². The van der Waals surface area contributed by atoms with Gasteiger partial charge in [0.15, 0.2) is 0 Å². The van der Waals surface area contributed by atoms with Crippen molar-refractivity contribution in [2.45, 2.75) is 11.3 Å². The maximum absolute atomic E-state index is 12.0. The number of sulfonamides is 1. The summed E-state index contributed by atoms with van der Waals surface area (Å²) < 4.78 is 36.8. The van der Waals surface area contributed by atoms with E-state index in [-0.39, 0.29) is 31.3 Å². The Balaban J connectivity index is 1.95. The van der Waals surface area contributed by atoms with Crippen LogP contribution in [0.5, 0.6) is 5.75 Å². The van der Waals surface area contributed by atoms with Gasteiger partial charge in [0.25, 0.3) is 0 Å². The van der Waals surface area contributed by atoms with E-state index in [1.807, 2.05) is 0 Å². The van der Waals surface area contributed by atoms with E-state index < -0.39 is 10.0 Å².